The maximum absolute atomic E-state index is 12.0. The van der Waals surface area contributed by atoms with Gasteiger partial charge in [0.25, 0.3) is 0 Å². The molecule has 0 unspecified atom stereocenters. The Morgan fingerprint density at radius 1 is 1.29 bits per heavy atom. The normalized spacial score (nSPS) is 11.1. The Kier molecular flexibility index (Phi) is 3.50. The second kappa shape index (κ2) is 4.53. The van der Waals surface area contributed by atoms with E-state index in [4.69, 9.17) is 5.11 Å². The van der Waals surface area contributed by atoms with Crippen molar-refractivity contribution in [2.45, 2.75) is 20.8 Å². The molecule has 0 saturated heterocycles. The smallest absolute Gasteiger partial charge is 0.337 e. The second-order valence-electron chi connectivity index (χ2n) is 4.82. The van der Waals surface area contributed by atoms with E-state index in [2.05, 4.69) is 4.98 Å². The van der Waals surface area contributed by atoms with Crippen LogP contribution in [0.1, 0.15) is 31.1 Å². The first-order valence-electron chi connectivity index (χ1n) is 5.21. The van der Waals surface area contributed by atoms with Gasteiger partial charge in [-0.25, -0.2) is 9.78 Å². The topological polar surface area (TPSA) is 70.5 Å². The standard InChI is InChI=1S/C12H16N2O3/c1-12(2,3)11(17)14(4)9-6-5-8(7-13-9)10(15)16/h5-7H,1-4H3,(H,15,16). The summed E-state index contributed by atoms with van der Waals surface area (Å²) in [4.78, 5) is 28.0. The van der Waals surface area contributed by atoms with Crippen LogP contribution < -0.4 is 4.90 Å². The van der Waals surface area contributed by atoms with Gasteiger partial charge in [-0.2, -0.15) is 0 Å². The second-order valence-corrected chi connectivity index (χ2v) is 4.82. The molecule has 0 aliphatic rings. The van der Waals surface area contributed by atoms with E-state index < -0.39 is 11.4 Å². The number of rotatable bonds is 2. The van der Waals surface area contributed by atoms with Crippen molar-refractivity contribution < 1.29 is 14.7 Å². The third-order valence-corrected chi connectivity index (χ3v) is 2.28. The third-order valence-electron chi connectivity index (χ3n) is 2.28. The Morgan fingerprint density at radius 3 is 2.24 bits per heavy atom. The molecule has 17 heavy (non-hydrogen) atoms. The number of amides is 1. The highest BCUT2D eigenvalue weighted by Gasteiger charge is 2.26. The number of nitrogens with zero attached hydrogens (tertiary/aromatic N) is 2. The Labute approximate surface area is 100 Å². The summed E-state index contributed by atoms with van der Waals surface area (Å²) in [5.41, 5.74) is -0.396. The van der Waals surface area contributed by atoms with Gasteiger partial charge in [-0.15, -0.1) is 0 Å². The van der Waals surface area contributed by atoms with Crippen LogP contribution in [0.15, 0.2) is 18.3 Å². The van der Waals surface area contributed by atoms with E-state index >= 15 is 0 Å². The minimum atomic E-state index is -1.03. The van der Waals surface area contributed by atoms with E-state index in [0.717, 1.165) is 0 Å². The number of carboxylic acid groups (broad SMARTS) is 1. The summed E-state index contributed by atoms with van der Waals surface area (Å²) in [5, 5.41) is 8.73. The Balaban J connectivity index is 2.94. The molecule has 0 atom stereocenters. The van der Waals surface area contributed by atoms with Crippen molar-refractivity contribution in [1.29, 1.82) is 0 Å². The van der Waals surface area contributed by atoms with Gasteiger partial charge in [0.2, 0.25) is 5.91 Å². The lowest BCUT2D eigenvalue weighted by molar-refractivity contribution is -0.125. The summed E-state index contributed by atoms with van der Waals surface area (Å²) in [6.07, 6.45) is 1.24. The fourth-order valence-corrected chi connectivity index (χ4v) is 1.32. The minimum Gasteiger partial charge on any atom is -0.478 e. The van der Waals surface area contributed by atoms with Crippen molar-refractivity contribution in [2.75, 3.05) is 11.9 Å². The largest absolute Gasteiger partial charge is 0.478 e. The van der Waals surface area contributed by atoms with Crippen LogP contribution in [-0.2, 0) is 4.79 Å². The molecule has 1 heterocycles. The zero-order valence-corrected chi connectivity index (χ0v) is 10.4. The molecule has 1 aromatic heterocycles. The molecule has 1 amide bonds. The van der Waals surface area contributed by atoms with Crippen molar-refractivity contribution in [3.63, 3.8) is 0 Å². The zero-order chi connectivity index (χ0) is 13.2. The first kappa shape index (κ1) is 13.2. The van der Waals surface area contributed by atoms with Crippen LogP contribution in [0.2, 0.25) is 0 Å². The summed E-state index contributed by atoms with van der Waals surface area (Å²) in [5.74, 6) is -0.670. The van der Waals surface area contributed by atoms with E-state index in [9.17, 15) is 9.59 Å². The highest BCUT2D eigenvalue weighted by atomic mass is 16.4. The van der Waals surface area contributed by atoms with E-state index in [1.165, 1.54) is 23.2 Å². The molecule has 0 aliphatic carbocycles. The summed E-state index contributed by atoms with van der Waals surface area (Å²) >= 11 is 0. The molecular formula is C12H16N2O3. The van der Waals surface area contributed by atoms with Gasteiger partial charge in [-0.1, -0.05) is 20.8 Å². The minimum absolute atomic E-state index is 0.0759. The molecule has 5 heteroatoms. The fourth-order valence-electron chi connectivity index (χ4n) is 1.32. The Bertz CT molecular complexity index is 432. The highest BCUT2D eigenvalue weighted by Crippen LogP contribution is 2.20. The number of anilines is 1. The molecule has 0 radical (unpaired) electrons. The quantitative estimate of drug-likeness (QED) is 0.849. The van der Waals surface area contributed by atoms with Gasteiger partial charge >= 0.3 is 5.97 Å². The zero-order valence-electron chi connectivity index (χ0n) is 10.4. The van der Waals surface area contributed by atoms with Crippen molar-refractivity contribution in [3.05, 3.63) is 23.9 Å². The van der Waals surface area contributed by atoms with E-state index in [1.54, 1.807) is 7.05 Å². The average Bonchev–Trinajstić information content (AvgIpc) is 2.26. The number of aromatic carboxylic acids is 1. The van der Waals surface area contributed by atoms with Crippen molar-refractivity contribution in [2.24, 2.45) is 5.41 Å². The van der Waals surface area contributed by atoms with E-state index in [1.807, 2.05) is 20.8 Å². The van der Waals surface area contributed by atoms with Crippen LogP contribution >= 0.6 is 0 Å². The van der Waals surface area contributed by atoms with Crippen molar-refractivity contribution >= 4 is 17.7 Å². The maximum atomic E-state index is 12.0. The molecule has 1 N–H and O–H groups in total. The first-order valence-corrected chi connectivity index (χ1v) is 5.21. The number of carbonyl (C=O) groups excluding carboxylic acids is 1. The number of pyridine rings is 1. The predicted octanol–water partition coefficient (Wildman–Crippen LogP) is 1.79. The number of hydrogen-bond acceptors (Lipinski definition) is 3. The van der Waals surface area contributed by atoms with Crippen LogP contribution in [0.25, 0.3) is 0 Å². The average molecular weight is 236 g/mol. The molecule has 0 aromatic carbocycles. The van der Waals surface area contributed by atoms with Crippen LogP contribution in [0.3, 0.4) is 0 Å². The van der Waals surface area contributed by atoms with Gasteiger partial charge in [0.1, 0.15) is 5.82 Å². The summed E-state index contributed by atoms with van der Waals surface area (Å²) < 4.78 is 0. The van der Waals surface area contributed by atoms with Gasteiger partial charge in [0, 0.05) is 18.7 Å². The van der Waals surface area contributed by atoms with Gasteiger partial charge in [-0.3, -0.25) is 9.69 Å². The number of carboxylic acids is 1. The molecule has 0 bridgehead atoms. The lowest BCUT2D eigenvalue weighted by atomic mass is 9.95. The lowest BCUT2D eigenvalue weighted by Gasteiger charge is -2.25. The summed E-state index contributed by atoms with van der Waals surface area (Å²) in [6.45, 7) is 5.45. The number of hydrogen-bond donors (Lipinski definition) is 1. The van der Waals surface area contributed by atoms with Gasteiger partial charge in [-0.05, 0) is 12.1 Å². The van der Waals surface area contributed by atoms with Crippen LogP contribution in [0, 0.1) is 5.41 Å². The molecule has 5 nitrogen and oxygen atoms in total. The summed E-state index contributed by atoms with van der Waals surface area (Å²) in [6, 6.07) is 2.95. The Hall–Kier alpha value is -1.91. The number of aromatic nitrogens is 1. The van der Waals surface area contributed by atoms with Crippen LogP contribution in [0.4, 0.5) is 5.82 Å². The predicted molar refractivity (Wildman–Crippen MR) is 64.1 cm³/mol. The van der Waals surface area contributed by atoms with Crippen molar-refractivity contribution in [1.82, 2.24) is 4.98 Å². The molecule has 92 valence electrons. The number of carbonyl (C=O) groups is 2. The van der Waals surface area contributed by atoms with E-state index in [0.29, 0.717) is 5.82 Å². The lowest BCUT2D eigenvalue weighted by Crippen LogP contribution is -2.37. The van der Waals surface area contributed by atoms with Crippen molar-refractivity contribution in [3.8, 4) is 0 Å². The third kappa shape index (κ3) is 3.03. The van der Waals surface area contributed by atoms with Gasteiger partial charge in [0.15, 0.2) is 0 Å². The van der Waals surface area contributed by atoms with Crippen LogP contribution in [0.5, 0.6) is 0 Å². The summed E-state index contributed by atoms with van der Waals surface area (Å²) in [7, 11) is 1.62. The Morgan fingerprint density at radius 2 is 1.88 bits per heavy atom. The molecule has 0 spiro atoms. The molecule has 0 fully saturated rings. The molecule has 1 rings (SSSR count). The molecule has 0 saturated carbocycles. The van der Waals surface area contributed by atoms with Gasteiger partial charge < -0.3 is 5.11 Å². The SMILES string of the molecule is CN(C(=O)C(C)(C)C)c1ccc(C(=O)O)cn1. The molecule has 1 aromatic rings. The van der Waals surface area contributed by atoms with Gasteiger partial charge in [0.05, 0.1) is 5.56 Å². The van der Waals surface area contributed by atoms with E-state index in [-0.39, 0.29) is 11.5 Å². The molecular weight excluding hydrogens is 220 g/mol. The molecule has 0 aliphatic heterocycles. The monoisotopic (exact) mass is 236 g/mol. The van der Waals surface area contributed by atoms with Crippen LogP contribution in [-0.4, -0.2) is 29.0 Å². The first-order chi connectivity index (χ1) is 7.73. The highest BCUT2D eigenvalue weighted by molar-refractivity contribution is 5.96. The maximum Gasteiger partial charge on any atom is 0.337 e. The fraction of sp³-hybridized carbons (Fsp3) is 0.417.